The Labute approximate surface area is 245 Å². The van der Waals surface area contributed by atoms with E-state index in [1.165, 1.54) is 25.4 Å². The Bertz CT molecular complexity index is 1660. The summed E-state index contributed by atoms with van der Waals surface area (Å²) in [6.45, 7) is 2.08. The first-order chi connectivity index (χ1) is 19.7. The molecule has 1 aliphatic carbocycles. The van der Waals surface area contributed by atoms with Crippen molar-refractivity contribution in [3.63, 3.8) is 0 Å². The number of methoxy groups -OCH3 is 1. The maximum atomic E-state index is 12.9. The Kier molecular flexibility index (Phi) is 8.58. The Morgan fingerprint density at radius 1 is 1.02 bits per heavy atom. The minimum atomic E-state index is -3.99. The number of benzene rings is 2. The third-order valence-electron chi connectivity index (χ3n) is 7.51. The number of hydrogen-bond donors (Lipinski definition) is 2. The van der Waals surface area contributed by atoms with Gasteiger partial charge in [0.1, 0.15) is 4.90 Å². The number of nitrogens with zero attached hydrogens (tertiary/aromatic N) is 5. The Morgan fingerprint density at radius 2 is 1.76 bits per heavy atom. The average Bonchev–Trinajstić information content (AvgIpc) is 2.96. The fraction of sp³-hybridized carbons (Fsp3) is 0.379. The molecule has 10 nitrogen and oxygen atoms in total. The largest absolute Gasteiger partial charge is 0.480 e. The topological polar surface area (TPSA) is 122 Å². The van der Waals surface area contributed by atoms with Gasteiger partial charge in [-0.2, -0.15) is 4.98 Å². The van der Waals surface area contributed by atoms with E-state index in [9.17, 15) is 8.42 Å². The van der Waals surface area contributed by atoms with Gasteiger partial charge in [-0.25, -0.2) is 28.1 Å². The fourth-order valence-electron chi connectivity index (χ4n) is 5.24. The number of ether oxygens (including phenoxy) is 1. The van der Waals surface area contributed by atoms with Gasteiger partial charge in [-0.1, -0.05) is 30.7 Å². The van der Waals surface area contributed by atoms with Gasteiger partial charge < -0.3 is 15.0 Å². The molecule has 5 rings (SSSR count). The highest BCUT2D eigenvalue weighted by Crippen LogP contribution is 2.33. The lowest BCUT2D eigenvalue weighted by atomic mass is 9.90. The molecule has 1 fully saturated rings. The minimum Gasteiger partial charge on any atom is -0.480 e. The number of aromatic nitrogens is 4. The molecule has 4 aromatic rings. The lowest BCUT2D eigenvalue weighted by Crippen LogP contribution is -2.36. The number of nitrogens with one attached hydrogen (secondary N) is 2. The zero-order chi connectivity index (χ0) is 29.1. The highest BCUT2D eigenvalue weighted by atomic mass is 35.5. The van der Waals surface area contributed by atoms with Crippen LogP contribution in [0.2, 0.25) is 5.02 Å². The zero-order valence-electron chi connectivity index (χ0n) is 23.6. The van der Waals surface area contributed by atoms with E-state index in [1.807, 2.05) is 18.3 Å². The summed E-state index contributed by atoms with van der Waals surface area (Å²) in [5.41, 5.74) is 3.37. The van der Waals surface area contributed by atoms with Crippen molar-refractivity contribution >= 4 is 44.4 Å². The van der Waals surface area contributed by atoms with Crippen LogP contribution in [0.15, 0.2) is 53.7 Å². The summed E-state index contributed by atoms with van der Waals surface area (Å²) in [5.74, 6) is 0.746. The molecular formula is C29H34ClN7O3S. The van der Waals surface area contributed by atoms with Crippen molar-refractivity contribution in [2.75, 3.05) is 31.2 Å². The molecule has 1 saturated carbocycles. The third kappa shape index (κ3) is 6.37. The maximum absolute atomic E-state index is 12.9. The summed E-state index contributed by atoms with van der Waals surface area (Å²) in [5, 5.41) is 4.53. The summed E-state index contributed by atoms with van der Waals surface area (Å²) in [4.78, 5) is 20.3. The van der Waals surface area contributed by atoms with Crippen LogP contribution in [0.1, 0.15) is 38.2 Å². The predicted molar refractivity (Wildman–Crippen MR) is 162 cm³/mol. The van der Waals surface area contributed by atoms with Crippen molar-refractivity contribution in [3.05, 3.63) is 59.4 Å². The lowest BCUT2D eigenvalue weighted by Gasteiger charge is -2.32. The Balaban J connectivity index is 1.40. The number of anilines is 2. The minimum absolute atomic E-state index is 0.0643. The fourth-order valence-corrected chi connectivity index (χ4v) is 6.71. The first-order valence-electron chi connectivity index (χ1n) is 13.6. The van der Waals surface area contributed by atoms with E-state index in [1.54, 1.807) is 12.1 Å². The highest BCUT2D eigenvalue weighted by Gasteiger charge is 2.24. The number of rotatable bonds is 9. The molecule has 216 valence electrons. The molecular weight excluding hydrogens is 562 g/mol. The number of sulfonamides is 1. The van der Waals surface area contributed by atoms with Crippen molar-refractivity contribution in [2.24, 2.45) is 0 Å². The molecule has 1 aliphatic rings. The van der Waals surface area contributed by atoms with Gasteiger partial charge >= 0.3 is 0 Å². The van der Waals surface area contributed by atoms with Gasteiger partial charge in [-0.3, -0.25) is 0 Å². The average molecular weight is 596 g/mol. The molecule has 41 heavy (non-hydrogen) atoms. The molecule has 2 aromatic carbocycles. The van der Waals surface area contributed by atoms with Crippen LogP contribution in [0.5, 0.6) is 5.88 Å². The van der Waals surface area contributed by atoms with Crippen molar-refractivity contribution < 1.29 is 13.2 Å². The molecule has 0 saturated heterocycles. The quantitative estimate of drug-likeness (QED) is 0.262. The predicted octanol–water partition coefficient (Wildman–Crippen LogP) is 5.40. The van der Waals surface area contributed by atoms with E-state index in [4.69, 9.17) is 21.3 Å². The van der Waals surface area contributed by atoms with Gasteiger partial charge in [0.25, 0.3) is 10.0 Å². The molecule has 0 bridgehead atoms. The van der Waals surface area contributed by atoms with Gasteiger partial charge in [-0.05, 0) is 81.6 Å². The second kappa shape index (κ2) is 12.1. The number of fused-ring (bicyclic) bond motifs is 1. The first-order valence-corrected chi connectivity index (χ1v) is 15.5. The van der Waals surface area contributed by atoms with Crippen LogP contribution >= 0.6 is 11.6 Å². The molecule has 0 unspecified atom stereocenters. The van der Waals surface area contributed by atoms with Crippen LogP contribution < -0.4 is 14.8 Å². The van der Waals surface area contributed by atoms with Crippen LogP contribution in [0.3, 0.4) is 0 Å². The van der Waals surface area contributed by atoms with E-state index in [-0.39, 0.29) is 21.7 Å². The van der Waals surface area contributed by atoms with E-state index >= 15 is 0 Å². The summed E-state index contributed by atoms with van der Waals surface area (Å²) < 4.78 is 33.7. The molecule has 0 atom stereocenters. The molecule has 0 aliphatic heterocycles. The first kappa shape index (κ1) is 29.0. The van der Waals surface area contributed by atoms with Crippen molar-refractivity contribution in [1.29, 1.82) is 0 Å². The van der Waals surface area contributed by atoms with Crippen LogP contribution in [0.25, 0.3) is 22.0 Å². The SMILES string of the molecule is CCc1cc(-c2cnc(NS(=O)(=O)c3ccccc3Cl)nc2OC)cc2cnc(NC3CCC(N(C)C)CC3)nc12. The molecule has 0 spiro atoms. The lowest BCUT2D eigenvalue weighted by molar-refractivity contribution is 0.221. The summed E-state index contributed by atoms with van der Waals surface area (Å²) in [6, 6.07) is 11.2. The van der Waals surface area contributed by atoms with Crippen LogP contribution in [-0.4, -0.2) is 66.5 Å². The molecule has 0 radical (unpaired) electrons. The van der Waals surface area contributed by atoms with Crippen molar-refractivity contribution in [2.45, 2.75) is 56.0 Å². The Morgan fingerprint density at radius 3 is 2.44 bits per heavy atom. The van der Waals surface area contributed by atoms with Gasteiger partial charge in [0.2, 0.25) is 17.8 Å². The van der Waals surface area contributed by atoms with Crippen LogP contribution in [-0.2, 0) is 16.4 Å². The van der Waals surface area contributed by atoms with Gasteiger partial charge in [-0.15, -0.1) is 0 Å². The maximum Gasteiger partial charge on any atom is 0.265 e. The number of aryl methyl sites for hydroxylation is 1. The molecule has 2 N–H and O–H groups in total. The number of hydrogen-bond acceptors (Lipinski definition) is 9. The van der Waals surface area contributed by atoms with Crippen LogP contribution in [0.4, 0.5) is 11.9 Å². The Hall–Kier alpha value is -3.54. The second-order valence-corrected chi connectivity index (χ2v) is 12.4. The van der Waals surface area contributed by atoms with E-state index in [0.29, 0.717) is 23.6 Å². The van der Waals surface area contributed by atoms with Gasteiger partial charge in [0.05, 0.1) is 23.2 Å². The van der Waals surface area contributed by atoms with E-state index in [0.717, 1.165) is 54.1 Å². The van der Waals surface area contributed by atoms with E-state index < -0.39 is 10.0 Å². The van der Waals surface area contributed by atoms with Gasteiger partial charge in [0.15, 0.2) is 0 Å². The van der Waals surface area contributed by atoms with E-state index in [2.05, 4.69) is 50.9 Å². The molecule has 2 heterocycles. The number of halogens is 1. The summed E-state index contributed by atoms with van der Waals surface area (Å²) in [6.07, 6.45) is 8.63. The standard InChI is InChI=1S/C29H34ClN7O3S/c1-5-18-14-19(15-20-16-31-28(34-26(18)20)33-21-10-12-22(13-11-21)37(2)3)23-17-32-29(35-27(23)40-4)36-41(38,39)25-9-7-6-8-24(25)30/h6-9,14-17,21-22H,5,10-13H2,1-4H3,(H,31,33,34)(H,32,35,36). The summed E-state index contributed by atoms with van der Waals surface area (Å²) in [7, 11) is 1.77. The molecule has 0 amide bonds. The van der Waals surface area contributed by atoms with Crippen LogP contribution in [0, 0.1) is 0 Å². The second-order valence-electron chi connectivity index (χ2n) is 10.4. The van der Waals surface area contributed by atoms with Gasteiger partial charge in [0, 0.05) is 29.9 Å². The zero-order valence-corrected chi connectivity index (χ0v) is 25.1. The van der Waals surface area contributed by atoms with Crippen molar-refractivity contribution in [1.82, 2.24) is 24.8 Å². The smallest absolute Gasteiger partial charge is 0.265 e. The normalized spacial score (nSPS) is 17.5. The highest BCUT2D eigenvalue weighted by molar-refractivity contribution is 7.92. The van der Waals surface area contributed by atoms with Crippen molar-refractivity contribution in [3.8, 4) is 17.0 Å². The monoisotopic (exact) mass is 595 g/mol. The summed E-state index contributed by atoms with van der Waals surface area (Å²) >= 11 is 6.09. The molecule has 12 heteroatoms. The third-order valence-corrected chi connectivity index (χ3v) is 9.34. The molecule has 2 aromatic heterocycles.